The van der Waals surface area contributed by atoms with Crippen molar-refractivity contribution in [3.8, 4) is 0 Å². The monoisotopic (exact) mass is 536 g/mol. The molecule has 1 unspecified atom stereocenters. The summed E-state index contributed by atoms with van der Waals surface area (Å²) in [5.74, 6) is -0.918. The minimum absolute atomic E-state index is 0.0339. The fourth-order valence-corrected chi connectivity index (χ4v) is 6.89. The molecule has 1 spiro atoms. The number of alkyl halides is 3. The van der Waals surface area contributed by atoms with Crippen LogP contribution in [0.25, 0.3) is 0 Å². The van der Waals surface area contributed by atoms with Gasteiger partial charge in [0.2, 0.25) is 5.91 Å². The van der Waals surface area contributed by atoms with Crippen molar-refractivity contribution in [2.45, 2.75) is 56.3 Å². The molecular weight excluding hydrogens is 505 g/mol. The second-order valence-corrected chi connectivity index (χ2v) is 11.6. The van der Waals surface area contributed by atoms with Gasteiger partial charge in [-0.2, -0.15) is 13.2 Å². The molecule has 0 bridgehead atoms. The molecule has 5 rings (SSSR count). The minimum atomic E-state index is -4.54. The number of thiazole rings is 1. The van der Waals surface area contributed by atoms with Crippen molar-refractivity contribution < 1.29 is 27.9 Å². The summed E-state index contributed by atoms with van der Waals surface area (Å²) in [4.78, 5) is 34.5. The summed E-state index contributed by atoms with van der Waals surface area (Å²) in [5.41, 5.74) is -0.00400. The minimum Gasteiger partial charge on any atom is -0.384 e. The van der Waals surface area contributed by atoms with Crippen LogP contribution in [0, 0.1) is 5.41 Å². The molecule has 37 heavy (non-hydrogen) atoms. The van der Waals surface area contributed by atoms with Crippen LogP contribution in [0.2, 0.25) is 0 Å². The number of rotatable bonds is 5. The van der Waals surface area contributed by atoms with Crippen molar-refractivity contribution in [3.05, 3.63) is 52.0 Å². The molecule has 3 aliphatic rings. The molecule has 2 N–H and O–H groups in total. The number of aliphatic hydroxyl groups is 1. The predicted molar refractivity (Wildman–Crippen MR) is 132 cm³/mol. The summed E-state index contributed by atoms with van der Waals surface area (Å²) < 4.78 is 38.8. The van der Waals surface area contributed by atoms with Crippen LogP contribution in [0.5, 0.6) is 0 Å². The molecule has 2 aromatic rings. The lowest BCUT2D eigenvalue weighted by molar-refractivity contribution is -0.137. The number of benzene rings is 1. The van der Waals surface area contributed by atoms with E-state index in [0.717, 1.165) is 68.6 Å². The normalized spacial score (nSPS) is 28.6. The van der Waals surface area contributed by atoms with Gasteiger partial charge >= 0.3 is 6.18 Å². The van der Waals surface area contributed by atoms with Crippen LogP contribution < -0.4 is 5.32 Å². The number of likely N-dealkylation sites (tertiary alicyclic amines) is 2. The molecule has 2 saturated heterocycles. The zero-order valence-corrected chi connectivity index (χ0v) is 21.3. The third-order valence-electron chi connectivity index (χ3n) is 8.30. The van der Waals surface area contributed by atoms with Crippen LogP contribution in [-0.2, 0) is 16.6 Å². The van der Waals surface area contributed by atoms with Crippen LogP contribution in [0.15, 0.2) is 36.0 Å². The van der Waals surface area contributed by atoms with Gasteiger partial charge in [-0.05, 0) is 63.3 Å². The van der Waals surface area contributed by atoms with Gasteiger partial charge in [-0.15, -0.1) is 11.3 Å². The van der Waals surface area contributed by atoms with E-state index in [4.69, 9.17) is 0 Å². The smallest absolute Gasteiger partial charge is 0.384 e. The number of aromatic nitrogens is 1. The zero-order valence-electron chi connectivity index (χ0n) is 20.5. The van der Waals surface area contributed by atoms with E-state index in [2.05, 4.69) is 15.2 Å². The largest absolute Gasteiger partial charge is 0.416 e. The maximum atomic E-state index is 12.9. The van der Waals surface area contributed by atoms with E-state index in [1.54, 1.807) is 16.6 Å². The second-order valence-electron chi connectivity index (χ2n) is 10.7. The average molecular weight is 537 g/mol. The lowest BCUT2D eigenvalue weighted by Gasteiger charge is -2.39. The fourth-order valence-electron chi connectivity index (χ4n) is 6.11. The van der Waals surface area contributed by atoms with Crippen molar-refractivity contribution >= 4 is 23.2 Å². The highest BCUT2D eigenvalue weighted by molar-refractivity contribution is 7.09. The third kappa shape index (κ3) is 5.53. The Hall–Kier alpha value is -2.50. The number of amides is 2. The summed E-state index contributed by atoms with van der Waals surface area (Å²) in [5, 5.41) is 13.5. The van der Waals surface area contributed by atoms with E-state index in [1.807, 2.05) is 0 Å². The Bertz CT molecular complexity index is 1130. The summed E-state index contributed by atoms with van der Waals surface area (Å²) in [6.45, 7) is 2.88. The van der Waals surface area contributed by atoms with Gasteiger partial charge in [0.25, 0.3) is 5.91 Å². The first-order chi connectivity index (χ1) is 17.6. The van der Waals surface area contributed by atoms with Crippen LogP contribution >= 0.6 is 11.3 Å². The highest BCUT2D eigenvalue weighted by Gasteiger charge is 2.47. The van der Waals surface area contributed by atoms with Crippen LogP contribution in [0.1, 0.15) is 59.3 Å². The van der Waals surface area contributed by atoms with E-state index in [9.17, 15) is 27.9 Å². The molecule has 3 heterocycles. The molecule has 0 radical (unpaired) electrons. The molecule has 1 atom stereocenters. The van der Waals surface area contributed by atoms with Crippen LogP contribution in [-0.4, -0.2) is 70.5 Å². The van der Waals surface area contributed by atoms with Gasteiger partial charge in [0.05, 0.1) is 22.5 Å². The SMILES string of the molecule is O=C(NCC(=O)N1CCC2(CCN([C@H]3CC[C@@](O)(c4cncs4)CC3)C2)C1)c1cccc(C(F)(F)F)c1. The van der Waals surface area contributed by atoms with Crippen molar-refractivity contribution in [1.29, 1.82) is 0 Å². The van der Waals surface area contributed by atoms with Gasteiger partial charge in [-0.3, -0.25) is 19.5 Å². The summed E-state index contributed by atoms with van der Waals surface area (Å²) >= 11 is 1.50. The van der Waals surface area contributed by atoms with Gasteiger partial charge in [-0.25, -0.2) is 0 Å². The summed E-state index contributed by atoms with van der Waals surface area (Å²) in [7, 11) is 0. The van der Waals surface area contributed by atoms with Crippen molar-refractivity contribution in [1.82, 2.24) is 20.1 Å². The molecule has 1 aromatic heterocycles. The molecule has 1 aliphatic carbocycles. The number of halogens is 3. The Morgan fingerprint density at radius 1 is 1.14 bits per heavy atom. The van der Waals surface area contributed by atoms with Gasteiger partial charge in [0.1, 0.15) is 5.60 Å². The van der Waals surface area contributed by atoms with E-state index >= 15 is 0 Å². The molecule has 200 valence electrons. The Morgan fingerprint density at radius 2 is 1.89 bits per heavy atom. The number of hydrogen-bond donors (Lipinski definition) is 2. The molecule has 2 aliphatic heterocycles. The first kappa shape index (κ1) is 26.1. The lowest BCUT2D eigenvalue weighted by atomic mass is 9.80. The first-order valence-corrected chi connectivity index (χ1v) is 13.5. The van der Waals surface area contributed by atoms with Gasteiger partial charge in [-0.1, -0.05) is 6.07 Å². The highest BCUT2D eigenvalue weighted by atomic mass is 32.1. The van der Waals surface area contributed by atoms with E-state index in [-0.39, 0.29) is 23.4 Å². The summed E-state index contributed by atoms with van der Waals surface area (Å²) in [6.07, 6.45) is 2.42. The maximum Gasteiger partial charge on any atom is 0.416 e. The fraction of sp³-hybridized carbons (Fsp3) is 0.577. The Balaban J connectivity index is 1.10. The topological polar surface area (TPSA) is 85.8 Å². The molecule has 2 amide bonds. The molecule has 1 saturated carbocycles. The van der Waals surface area contributed by atoms with Crippen LogP contribution in [0.4, 0.5) is 13.2 Å². The predicted octanol–water partition coefficient (Wildman–Crippen LogP) is 3.65. The zero-order chi connectivity index (χ0) is 26.3. The third-order valence-corrected chi connectivity index (χ3v) is 9.27. The molecule has 3 fully saturated rings. The number of carbonyl (C=O) groups is 2. The molecule has 7 nitrogen and oxygen atoms in total. The molecule has 11 heteroatoms. The van der Waals surface area contributed by atoms with Gasteiger partial charge in [0.15, 0.2) is 0 Å². The van der Waals surface area contributed by atoms with E-state index < -0.39 is 23.2 Å². The van der Waals surface area contributed by atoms with Crippen molar-refractivity contribution in [2.75, 3.05) is 32.7 Å². The second kappa shape index (κ2) is 9.99. The lowest BCUT2D eigenvalue weighted by Crippen LogP contribution is -2.43. The number of nitrogens with zero attached hydrogens (tertiary/aromatic N) is 3. The number of hydrogen-bond acceptors (Lipinski definition) is 6. The van der Waals surface area contributed by atoms with Crippen molar-refractivity contribution in [3.63, 3.8) is 0 Å². The highest BCUT2D eigenvalue weighted by Crippen LogP contribution is 2.45. The van der Waals surface area contributed by atoms with E-state index in [1.165, 1.54) is 23.5 Å². The molecular formula is C26H31F3N4O3S. The Morgan fingerprint density at radius 3 is 2.59 bits per heavy atom. The number of carbonyl (C=O) groups excluding carboxylic acids is 2. The number of nitrogens with one attached hydrogen (secondary N) is 1. The van der Waals surface area contributed by atoms with Crippen LogP contribution in [0.3, 0.4) is 0 Å². The Kier molecular flexibility index (Phi) is 7.06. The quantitative estimate of drug-likeness (QED) is 0.610. The summed E-state index contributed by atoms with van der Waals surface area (Å²) in [6, 6.07) is 4.61. The standard InChI is InChI=1S/C26H31F3N4O3S/c27-26(28,29)19-3-1-2-18(12-19)23(35)31-14-22(34)33-11-9-24(16-33)8-10-32(15-24)20-4-6-25(36,7-5-20)21-13-30-17-37-21/h1-3,12-13,17,20,36H,4-11,14-16H2,(H,31,35)/t20-,24?,25-. The maximum absolute atomic E-state index is 12.9. The van der Waals surface area contributed by atoms with E-state index in [0.29, 0.717) is 19.1 Å². The first-order valence-electron chi connectivity index (χ1n) is 12.7. The van der Waals surface area contributed by atoms with Gasteiger partial charge in [0, 0.05) is 42.9 Å². The van der Waals surface area contributed by atoms with Gasteiger partial charge < -0.3 is 15.3 Å². The Labute approximate surface area is 217 Å². The molecule has 1 aromatic carbocycles. The van der Waals surface area contributed by atoms with Crippen molar-refractivity contribution in [2.24, 2.45) is 5.41 Å². The average Bonchev–Trinajstić information content (AvgIpc) is 3.65.